The molecule has 29 heavy (non-hydrogen) atoms. The van der Waals surface area contributed by atoms with E-state index in [-0.39, 0.29) is 10.7 Å². The predicted octanol–water partition coefficient (Wildman–Crippen LogP) is 5.14. The molecule has 0 aliphatic carbocycles. The number of methoxy groups -OCH3 is 1. The first-order chi connectivity index (χ1) is 13.6. The molecule has 152 valence electrons. The number of pyridine rings is 1. The van der Waals surface area contributed by atoms with Crippen molar-refractivity contribution in [2.45, 2.75) is 26.4 Å². The SMILES string of the molecule is COC(=O)c1cc2c(Nc3ccc(F)c(Cl)c3)cncc2n1C(=O)OC(C)(C)C. The van der Waals surface area contributed by atoms with Crippen molar-refractivity contribution in [3.63, 3.8) is 0 Å². The van der Waals surface area contributed by atoms with Crippen molar-refractivity contribution >= 4 is 45.9 Å². The molecule has 9 heteroatoms. The third-order valence-electron chi connectivity index (χ3n) is 3.90. The lowest BCUT2D eigenvalue weighted by atomic mass is 10.2. The van der Waals surface area contributed by atoms with Crippen molar-refractivity contribution in [3.05, 3.63) is 53.2 Å². The van der Waals surface area contributed by atoms with Crippen molar-refractivity contribution in [2.75, 3.05) is 12.4 Å². The van der Waals surface area contributed by atoms with Crippen LogP contribution in [0.5, 0.6) is 0 Å². The fourth-order valence-corrected chi connectivity index (χ4v) is 2.89. The van der Waals surface area contributed by atoms with Gasteiger partial charge in [-0.1, -0.05) is 11.6 Å². The van der Waals surface area contributed by atoms with E-state index in [1.807, 2.05) is 0 Å². The lowest BCUT2D eigenvalue weighted by Crippen LogP contribution is -2.29. The molecule has 2 heterocycles. The van der Waals surface area contributed by atoms with E-state index in [1.54, 1.807) is 20.8 Å². The molecule has 0 amide bonds. The van der Waals surface area contributed by atoms with Gasteiger partial charge in [-0.2, -0.15) is 0 Å². The molecule has 0 aliphatic rings. The average Bonchev–Trinajstić information content (AvgIpc) is 3.03. The molecule has 0 saturated heterocycles. The number of carbonyl (C=O) groups is 2. The van der Waals surface area contributed by atoms with Crippen LogP contribution in [-0.4, -0.2) is 34.3 Å². The third kappa shape index (κ3) is 4.32. The van der Waals surface area contributed by atoms with Gasteiger partial charge in [0.25, 0.3) is 0 Å². The molecule has 0 aliphatic heterocycles. The smallest absolute Gasteiger partial charge is 0.419 e. The second-order valence-electron chi connectivity index (χ2n) is 7.21. The van der Waals surface area contributed by atoms with E-state index >= 15 is 0 Å². The Labute approximate surface area is 171 Å². The Balaban J connectivity index is 2.13. The molecule has 0 unspecified atom stereocenters. The van der Waals surface area contributed by atoms with Crippen LogP contribution in [-0.2, 0) is 9.47 Å². The maximum absolute atomic E-state index is 13.4. The maximum atomic E-state index is 13.4. The molecule has 0 atom stereocenters. The molecule has 0 radical (unpaired) electrons. The summed E-state index contributed by atoms with van der Waals surface area (Å²) in [5.41, 5.74) is 0.561. The first-order valence-electron chi connectivity index (χ1n) is 8.64. The summed E-state index contributed by atoms with van der Waals surface area (Å²) in [5.74, 6) is -1.25. The molecule has 3 rings (SSSR count). The van der Waals surface area contributed by atoms with E-state index in [0.29, 0.717) is 22.3 Å². The van der Waals surface area contributed by atoms with Crippen LogP contribution in [0.25, 0.3) is 10.9 Å². The summed E-state index contributed by atoms with van der Waals surface area (Å²) in [7, 11) is 1.22. The number of aromatic nitrogens is 2. The normalized spacial score (nSPS) is 11.4. The molecule has 0 spiro atoms. The van der Waals surface area contributed by atoms with Gasteiger partial charge in [0.2, 0.25) is 0 Å². The number of nitrogens with zero attached hydrogens (tertiary/aromatic N) is 2. The quantitative estimate of drug-likeness (QED) is 0.592. The number of hydrogen-bond donors (Lipinski definition) is 1. The van der Waals surface area contributed by atoms with E-state index in [1.165, 1.54) is 43.8 Å². The van der Waals surface area contributed by atoms with Crippen LogP contribution in [0.4, 0.5) is 20.6 Å². The van der Waals surface area contributed by atoms with Crippen LogP contribution in [0.3, 0.4) is 0 Å². The second-order valence-corrected chi connectivity index (χ2v) is 7.62. The lowest BCUT2D eigenvalue weighted by Gasteiger charge is -2.20. The minimum absolute atomic E-state index is 0.00932. The van der Waals surface area contributed by atoms with Crippen molar-refractivity contribution in [3.8, 4) is 0 Å². The number of nitrogens with one attached hydrogen (secondary N) is 1. The second kappa shape index (κ2) is 7.71. The number of anilines is 2. The van der Waals surface area contributed by atoms with E-state index in [0.717, 1.165) is 4.57 Å². The number of fused-ring (bicyclic) bond motifs is 1. The largest absolute Gasteiger partial charge is 0.464 e. The van der Waals surface area contributed by atoms with Crippen molar-refractivity contribution in [1.82, 2.24) is 9.55 Å². The topological polar surface area (TPSA) is 82.5 Å². The number of halogens is 2. The summed E-state index contributed by atoms with van der Waals surface area (Å²) < 4.78 is 24.8. The van der Waals surface area contributed by atoms with Crippen molar-refractivity contribution < 1.29 is 23.5 Å². The monoisotopic (exact) mass is 419 g/mol. The Kier molecular flexibility index (Phi) is 5.48. The number of hydrogen-bond acceptors (Lipinski definition) is 6. The van der Waals surface area contributed by atoms with Gasteiger partial charge in [-0.05, 0) is 45.0 Å². The zero-order chi connectivity index (χ0) is 21.3. The molecule has 7 nitrogen and oxygen atoms in total. The highest BCUT2D eigenvalue weighted by atomic mass is 35.5. The van der Waals surface area contributed by atoms with Gasteiger partial charge >= 0.3 is 12.1 Å². The Morgan fingerprint density at radius 1 is 1.21 bits per heavy atom. The van der Waals surface area contributed by atoms with Crippen LogP contribution < -0.4 is 5.32 Å². The van der Waals surface area contributed by atoms with Crippen molar-refractivity contribution in [1.29, 1.82) is 0 Å². The summed E-state index contributed by atoms with van der Waals surface area (Å²) in [6, 6.07) is 5.65. The summed E-state index contributed by atoms with van der Waals surface area (Å²) >= 11 is 5.83. The summed E-state index contributed by atoms with van der Waals surface area (Å²) in [6.45, 7) is 5.16. The van der Waals surface area contributed by atoms with E-state index in [2.05, 4.69) is 10.3 Å². The predicted molar refractivity (Wildman–Crippen MR) is 107 cm³/mol. The zero-order valence-electron chi connectivity index (χ0n) is 16.2. The van der Waals surface area contributed by atoms with Gasteiger partial charge in [0.15, 0.2) is 0 Å². The highest BCUT2D eigenvalue weighted by Gasteiger charge is 2.26. The van der Waals surface area contributed by atoms with Crippen LogP contribution in [0.15, 0.2) is 36.7 Å². The Bertz CT molecular complexity index is 1110. The lowest BCUT2D eigenvalue weighted by molar-refractivity contribution is 0.0489. The van der Waals surface area contributed by atoms with Crippen molar-refractivity contribution in [2.24, 2.45) is 0 Å². The molecule has 1 aromatic carbocycles. The van der Waals surface area contributed by atoms with Gasteiger partial charge < -0.3 is 14.8 Å². The Morgan fingerprint density at radius 3 is 2.55 bits per heavy atom. The van der Waals surface area contributed by atoms with Crippen LogP contribution in [0, 0.1) is 5.82 Å². The average molecular weight is 420 g/mol. The minimum atomic E-state index is -0.769. The Hall–Kier alpha value is -3.13. The maximum Gasteiger partial charge on any atom is 0.419 e. The summed E-state index contributed by atoms with van der Waals surface area (Å²) in [4.78, 5) is 29.2. The van der Waals surface area contributed by atoms with Gasteiger partial charge in [0.1, 0.15) is 17.1 Å². The molecule has 1 N–H and O–H groups in total. The van der Waals surface area contributed by atoms with E-state index in [4.69, 9.17) is 21.1 Å². The number of rotatable bonds is 3. The molecule has 0 bridgehead atoms. The first kappa shape index (κ1) is 20.6. The van der Waals surface area contributed by atoms with Crippen LogP contribution in [0.1, 0.15) is 31.3 Å². The van der Waals surface area contributed by atoms with Gasteiger partial charge in [-0.25, -0.2) is 18.5 Å². The van der Waals surface area contributed by atoms with Gasteiger partial charge in [0, 0.05) is 11.1 Å². The fourth-order valence-electron chi connectivity index (χ4n) is 2.71. The number of ether oxygens (including phenoxy) is 2. The Morgan fingerprint density at radius 2 is 1.93 bits per heavy atom. The number of carbonyl (C=O) groups excluding carboxylic acids is 2. The van der Waals surface area contributed by atoms with Gasteiger partial charge in [0.05, 0.1) is 35.7 Å². The van der Waals surface area contributed by atoms with Crippen LogP contribution in [0.2, 0.25) is 5.02 Å². The highest BCUT2D eigenvalue weighted by Crippen LogP contribution is 2.31. The molecule has 3 aromatic rings. The zero-order valence-corrected chi connectivity index (χ0v) is 17.0. The first-order valence-corrected chi connectivity index (χ1v) is 9.01. The molecule has 2 aromatic heterocycles. The molecule has 0 saturated carbocycles. The molecular weight excluding hydrogens is 401 g/mol. The minimum Gasteiger partial charge on any atom is -0.464 e. The highest BCUT2D eigenvalue weighted by molar-refractivity contribution is 6.31. The summed E-state index contributed by atoms with van der Waals surface area (Å²) in [6.07, 6.45) is 2.21. The summed E-state index contributed by atoms with van der Waals surface area (Å²) in [5, 5.41) is 3.54. The van der Waals surface area contributed by atoms with E-state index < -0.39 is 23.5 Å². The van der Waals surface area contributed by atoms with E-state index in [9.17, 15) is 14.0 Å². The third-order valence-corrected chi connectivity index (χ3v) is 4.19. The van der Waals surface area contributed by atoms with Gasteiger partial charge in [-0.15, -0.1) is 0 Å². The van der Waals surface area contributed by atoms with Crippen LogP contribution >= 0.6 is 11.6 Å². The molecular formula is C20H19ClFN3O4. The molecule has 0 fully saturated rings. The van der Waals surface area contributed by atoms with Gasteiger partial charge in [-0.3, -0.25) is 4.98 Å². The number of benzene rings is 1. The standard InChI is InChI=1S/C20H19ClFN3O4/c1-20(2,3)29-19(27)25-16(18(26)28-4)8-12-15(9-23-10-17(12)25)24-11-5-6-14(22)13(21)7-11/h5-10,24H,1-4H3. The fraction of sp³-hybridized carbons (Fsp3) is 0.250. The number of esters is 1.